The maximum absolute atomic E-state index is 12.6. The van der Waals surface area contributed by atoms with Crippen LogP contribution in [0.3, 0.4) is 0 Å². The molecular weight excluding hydrogens is 404 g/mol. The van der Waals surface area contributed by atoms with Crippen molar-refractivity contribution in [2.75, 3.05) is 0 Å². The molecular formula is C26H50N2O4. The lowest BCUT2D eigenvalue weighted by molar-refractivity contribution is -0.142. The van der Waals surface area contributed by atoms with Gasteiger partial charge in [-0.1, -0.05) is 118 Å². The molecule has 0 fully saturated rings. The SMILES string of the molecule is CCCCCCCCCCCCCCCCC(CC(=O)O)C(=O)N[C@H](C(N)=O)C(C)(C)C. The van der Waals surface area contributed by atoms with Crippen molar-refractivity contribution >= 4 is 17.8 Å². The van der Waals surface area contributed by atoms with E-state index in [9.17, 15) is 19.5 Å². The molecule has 0 aromatic carbocycles. The van der Waals surface area contributed by atoms with Crippen LogP contribution in [0.1, 0.15) is 130 Å². The minimum atomic E-state index is -0.998. The molecule has 0 bridgehead atoms. The van der Waals surface area contributed by atoms with Crippen molar-refractivity contribution in [3.8, 4) is 0 Å². The van der Waals surface area contributed by atoms with Gasteiger partial charge in [0.15, 0.2) is 0 Å². The topological polar surface area (TPSA) is 109 Å². The van der Waals surface area contributed by atoms with E-state index in [4.69, 9.17) is 5.73 Å². The molecule has 0 saturated heterocycles. The van der Waals surface area contributed by atoms with Gasteiger partial charge in [0, 0.05) is 5.92 Å². The van der Waals surface area contributed by atoms with Crippen LogP contribution in [0.4, 0.5) is 0 Å². The fourth-order valence-corrected chi connectivity index (χ4v) is 4.10. The van der Waals surface area contributed by atoms with Crippen LogP contribution >= 0.6 is 0 Å². The Bertz CT molecular complexity index is 528. The van der Waals surface area contributed by atoms with Crippen molar-refractivity contribution < 1.29 is 19.5 Å². The van der Waals surface area contributed by atoms with Crippen LogP contribution < -0.4 is 11.1 Å². The summed E-state index contributed by atoms with van der Waals surface area (Å²) >= 11 is 0. The number of aliphatic carboxylic acids is 1. The lowest BCUT2D eigenvalue weighted by Crippen LogP contribution is -2.53. The first-order valence-corrected chi connectivity index (χ1v) is 12.9. The molecule has 0 saturated carbocycles. The maximum Gasteiger partial charge on any atom is 0.304 e. The van der Waals surface area contributed by atoms with Gasteiger partial charge in [0.1, 0.15) is 6.04 Å². The number of primary amides is 1. The molecule has 0 aliphatic rings. The second-order valence-electron chi connectivity index (χ2n) is 10.4. The lowest BCUT2D eigenvalue weighted by Gasteiger charge is -2.30. The van der Waals surface area contributed by atoms with Gasteiger partial charge in [-0.2, -0.15) is 0 Å². The molecule has 0 spiro atoms. The van der Waals surface area contributed by atoms with Crippen molar-refractivity contribution in [3.05, 3.63) is 0 Å². The van der Waals surface area contributed by atoms with Gasteiger partial charge < -0.3 is 16.2 Å². The second kappa shape index (κ2) is 17.9. The molecule has 0 heterocycles. The summed E-state index contributed by atoms with van der Waals surface area (Å²) in [5, 5.41) is 11.9. The predicted octanol–water partition coefficient (Wildman–Crippen LogP) is 5.96. The average molecular weight is 455 g/mol. The first kappa shape index (κ1) is 30.4. The van der Waals surface area contributed by atoms with E-state index in [0.29, 0.717) is 6.42 Å². The molecule has 0 aromatic heterocycles. The molecule has 6 heteroatoms. The van der Waals surface area contributed by atoms with E-state index >= 15 is 0 Å². The monoisotopic (exact) mass is 454 g/mol. The molecule has 0 aromatic rings. The summed E-state index contributed by atoms with van der Waals surface area (Å²) in [4.78, 5) is 35.5. The third kappa shape index (κ3) is 16.1. The summed E-state index contributed by atoms with van der Waals surface area (Å²) < 4.78 is 0. The highest BCUT2D eigenvalue weighted by Crippen LogP contribution is 2.22. The summed E-state index contributed by atoms with van der Waals surface area (Å²) in [6.45, 7) is 7.72. The van der Waals surface area contributed by atoms with E-state index in [-0.39, 0.29) is 12.3 Å². The Kier molecular flexibility index (Phi) is 17.0. The van der Waals surface area contributed by atoms with Crippen LogP contribution in [0, 0.1) is 11.3 Å². The Labute approximate surface area is 196 Å². The van der Waals surface area contributed by atoms with Crippen molar-refractivity contribution in [3.63, 3.8) is 0 Å². The lowest BCUT2D eigenvalue weighted by atomic mass is 9.85. The van der Waals surface area contributed by atoms with Crippen molar-refractivity contribution in [1.29, 1.82) is 0 Å². The number of amides is 2. The summed E-state index contributed by atoms with van der Waals surface area (Å²) in [6.07, 6.45) is 17.8. The summed E-state index contributed by atoms with van der Waals surface area (Å²) in [5.74, 6) is -2.62. The van der Waals surface area contributed by atoms with Crippen LogP contribution in [0.25, 0.3) is 0 Å². The van der Waals surface area contributed by atoms with Crippen LogP contribution in [0.15, 0.2) is 0 Å². The first-order valence-electron chi connectivity index (χ1n) is 12.9. The molecule has 2 atom stereocenters. The molecule has 2 amide bonds. The number of hydrogen-bond donors (Lipinski definition) is 3. The van der Waals surface area contributed by atoms with Gasteiger partial charge in [0.2, 0.25) is 11.8 Å². The Morgan fingerprint density at radius 2 is 1.19 bits per heavy atom. The van der Waals surface area contributed by atoms with E-state index in [1.807, 2.05) is 20.8 Å². The van der Waals surface area contributed by atoms with Gasteiger partial charge in [0.25, 0.3) is 0 Å². The van der Waals surface area contributed by atoms with E-state index in [1.165, 1.54) is 70.6 Å². The number of hydrogen-bond acceptors (Lipinski definition) is 3. The quantitative estimate of drug-likeness (QED) is 0.197. The van der Waals surface area contributed by atoms with Crippen LogP contribution in [-0.4, -0.2) is 28.9 Å². The average Bonchev–Trinajstić information content (AvgIpc) is 2.69. The third-order valence-electron chi connectivity index (χ3n) is 6.14. The van der Waals surface area contributed by atoms with Gasteiger partial charge >= 0.3 is 5.97 Å². The standard InChI is InChI=1S/C26H50N2O4/c1-5-6-7-8-9-10-11-12-13-14-15-16-17-18-19-21(20-22(29)30)25(32)28-23(24(27)31)26(2,3)4/h21,23H,5-20H2,1-4H3,(H2,27,31)(H,28,32)(H,29,30)/t21?,23-/m1/s1. The number of nitrogens with one attached hydrogen (secondary N) is 1. The van der Waals surface area contributed by atoms with Gasteiger partial charge in [-0.3, -0.25) is 14.4 Å². The molecule has 6 nitrogen and oxygen atoms in total. The molecule has 0 rings (SSSR count). The van der Waals surface area contributed by atoms with Crippen molar-refractivity contribution in [2.45, 2.75) is 136 Å². The molecule has 1 unspecified atom stereocenters. The molecule has 4 N–H and O–H groups in total. The highest BCUT2D eigenvalue weighted by Gasteiger charge is 2.33. The first-order chi connectivity index (χ1) is 15.1. The minimum absolute atomic E-state index is 0.222. The minimum Gasteiger partial charge on any atom is -0.481 e. The fourth-order valence-electron chi connectivity index (χ4n) is 4.10. The highest BCUT2D eigenvalue weighted by molar-refractivity contribution is 5.89. The Balaban J connectivity index is 4.05. The Hall–Kier alpha value is -1.59. The largest absolute Gasteiger partial charge is 0.481 e. The number of carbonyl (C=O) groups is 3. The number of carbonyl (C=O) groups excluding carboxylic acids is 2. The van der Waals surface area contributed by atoms with Crippen LogP contribution in [-0.2, 0) is 14.4 Å². The zero-order valence-corrected chi connectivity index (χ0v) is 21.2. The molecule has 0 aliphatic heterocycles. The predicted molar refractivity (Wildman–Crippen MR) is 131 cm³/mol. The zero-order valence-electron chi connectivity index (χ0n) is 21.2. The van der Waals surface area contributed by atoms with Crippen molar-refractivity contribution in [2.24, 2.45) is 17.1 Å². The van der Waals surface area contributed by atoms with E-state index in [1.54, 1.807) is 0 Å². The molecule has 0 radical (unpaired) electrons. The van der Waals surface area contributed by atoms with Gasteiger partial charge in [-0.25, -0.2) is 0 Å². The number of carboxylic acids is 1. The summed E-state index contributed by atoms with van der Waals surface area (Å²) in [6, 6.07) is -0.817. The van der Waals surface area contributed by atoms with Gasteiger partial charge in [-0.15, -0.1) is 0 Å². The smallest absolute Gasteiger partial charge is 0.304 e. The Morgan fingerprint density at radius 3 is 1.53 bits per heavy atom. The van der Waals surface area contributed by atoms with Crippen molar-refractivity contribution in [1.82, 2.24) is 5.32 Å². The van der Waals surface area contributed by atoms with E-state index in [0.717, 1.165) is 19.3 Å². The normalized spacial score (nSPS) is 13.5. The van der Waals surface area contributed by atoms with Crippen LogP contribution in [0.5, 0.6) is 0 Å². The van der Waals surface area contributed by atoms with Gasteiger partial charge in [-0.05, 0) is 11.8 Å². The van der Waals surface area contributed by atoms with E-state index in [2.05, 4.69) is 12.2 Å². The number of nitrogens with two attached hydrogens (primary N) is 1. The summed E-state index contributed by atoms with van der Waals surface area (Å²) in [5.41, 5.74) is 4.91. The zero-order chi connectivity index (χ0) is 24.4. The van der Waals surface area contributed by atoms with Gasteiger partial charge in [0.05, 0.1) is 6.42 Å². The second-order valence-corrected chi connectivity index (χ2v) is 10.4. The fraction of sp³-hybridized carbons (Fsp3) is 0.885. The van der Waals surface area contributed by atoms with E-state index < -0.39 is 29.3 Å². The molecule has 188 valence electrons. The third-order valence-corrected chi connectivity index (χ3v) is 6.14. The molecule has 0 aliphatic carbocycles. The number of rotatable bonds is 20. The number of unbranched alkanes of at least 4 members (excludes halogenated alkanes) is 13. The Morgan fingerprint density at radius 1 is 0.781 bits per heavy atom. The number of carboxylic acid groups (broad SMARTS) is 1. The van der Waals surface area contributed by atoms with Crippen LogP contribution in [0.2, 0.25) is 0 Å². The maximum atomic E-state index is 12.6. The summed E-state index contributed by atoms with van der Waals surface area (Å²) in [7, 11) is 0. The highest BCUT2D eigenvalue weighted by atomic mass is 16.4. The molecule has 32 heavy (non-hydrogen) atoms.